The van der Waals surface area contributed by atoms with Gasteiger partial charge in [0.25, 0.3) is 0 Å². The van der Waals surface area contributed by atoms with E-state index in [1.165, 1.54) is 75.6 Å². The zero-order chi connectivity index (χ0) is 13.0. The Kier molecular flexibility index (Phi) is 12.3. The van der Waals surface area contributed by atoms with E-state index in [9.17, 15) is 0 Å². The summed E-state index contributed by atoms with van der Waals surface area (Å²) in [5.74, 6) is 0. The van der Waals surface area contributed by atoms with E-state index in [0.29, 0.717) is 0 Å². The monoisotopic (exact) mass is 320 g/mol. The first-order chi connectivity index (χ1) is 8.06. The van der Waals surface area contributed by atoms with Crippen molar-refractivity contribution in [3.05, 3.63) is 0 Å². The summed E-state index contributed by atoms with van der Waals surface area (Å²) >= 11 is 3.48. The number of unbranched alkanes of at least 4 members (excludes halogenated alkanes) is 9. The van der Waals surface area contributed by atoms with Crippen molar-refractivity contribution in [2.45, 2.75) is 89.9 Å². The molecule has 0 bridgehead atoms. The lowest BCUT2D eigenvalue weighted by Crippen LogP contribution is -2.18. The number of hydrogen-bond acceptors (Lipinski definition) is 0. The van der Waals surface area contributed by atoms with Crippen LogP contribution in [0, 0.1) is 0 Å². The Bertz CT molecular complexity index is 151. The molecule has 0 aliphatic rings. The first-order valence-corrected chi connectivity index (χ1v) is 12.4. The van der Waals surface area contributed by atoms with Crippen molar-refractivity contribution in [1.29, 1.82) is 0 Å². The van der Waals surface area contributed by atoms with Gasteiger partial charge in [-0.2, -0.15) is 0 Å². The molecule has 17 heavy (non-hydrogen) atoms. The molecular weight excluding hydrogens is 288 g/mol. The van der Waals surface area contributed by atoms with Gasteiger partial charge in [0.05, 0.1) is 0 Å². The molecule has 0 aliphatic carbocycles. The van der Waals surface area contributed by atoms with Crippen molar-refractivity contribution < 1.29 is 0 Å². The van der Waals surface area contributed by atoms with Crippen molar-refractivity contribution >= 4 is 24.0 Å². The largest absolute Gasteiger partial charge is 0.0928 e. The summed E-state index contributed by atoms with van der Waals surface area (Å²) in [6.07, 6.45) is 14.5. The Balaban J connectivity index is 2.99. The fourth-order valence-electron chi connectivity index (χ4n) is 2.16. The molecule has 0 saturated carbocycles. The number of halogens is 1. The van der Waals surface area contributed by atoms with Crippen LogP contribution in [-0.2, 0) is 0 Å². The van der Waals surface area contributed by atoms with Crippen molar-refractivity contribution in [1.82, 2.24) is 0 Å². The summed E-state index contributed by atoms with van der Waals surface area (Å²) in [5.41, 5.74) is 0. The average molecular weight is 321 g/mol. The predicted octanol–water partition coefficient (Wildman–Crippen LogP) is 6.62. The quantitative estimate of drug-likeness (QED) is 0.215. The molecule has 0 unspecified atom stereocenters. The Hall–Kier alpha value is 0.697. The maximum Gasteiger partial charge on any atom is 0.0442 e. The molecule has 0 nitrogen and oxygen atoms in total. The van der Waals surface area contributed by atoms with Crippen LogP contribution in [-0.4, -0.2) is 13.4 Å². The topological polar surface area (TPSA) is 0 Å². The Morgan fingerprint density at radius 3 is 1.29 bits per heavy atom. The highest BCUT2D eigenvalue weighted by Gasteiger charge is 2.11. The minimum absolute atomic E-state index is 0.755. The lowest BCUT2D eigenvalue weighted by molar-refractivity contribution is 0.562. The smallest absolute Gasteiger partial charge is 0.0442 e. The second kappa shape index (κ2) is 11.8. The second-order valence-electron chi connectivity index (χ2n) is 6.54. The zero-order valence-electron chi connectivity index (χ0n) is 12.4. The first-order valence-electron chi connectivity index (χ1n) is 7.62. The molecular formula is C15H33BrSi. The summed E-state index contributed by atoms with van der Waals surface area (Å²) in [7, 11) is -0.755. The van der Waals surface area contributed by atoms with Crippen LogP contribution in [0.15, 0.2) is 0 Å². The van der Waals surface area contributed by atoms with Crippen LogP contribution in [0.25, 0.3) is 0 Å². The van der Waals surface area contributed by atoms with Crippen LogP contribution in [0.5, 0.6) is 0 Å². The Morgan fingerprint density at radius 2 is 0.941 bits per heavy atom. The minimum Gasteiger partial charge on any atom is -0.0928 e. The molecule has 0 atom stereocenters. The molecule has 0 aromatic heterocycles. The van der Waals surface area contributed by atoms with Gasteiger partial charge in [0.1, 0.15) is 0 Å². The summed E-state index contributed by atoms with van der Waals surface area (Å²) in [6, 6.07) is 1.53. The van der Waals surface area contributed by atoms with E-state index in [2.05, 4.69) is 35.6 Å². The van der Waals surface area contributed by atoms with Crippen LogP contribution in [0.2, 0.25) is 25.7 Å². The van der Waals surface area contributed by atoms with Crippen LogP contribution < -0.4 is 0 Å². The number of hydrogen-bond donors (Lipinski definition) is 0. The van der Waals surface area contributed by atoms with Crippen LogP contribution >= 0.6 is 15.9 Å². The van der Waals surface area contributed by atoms with Gasteiger partial charge in [-0.3, -0.25) is 0 Å². The van der Waals surface area contributed by atoms with Gasteiger partial charge in [0, 0.05) is 13.4 Å². The first kappa shape index (κ1) is 17.7. The normalized spacial score (nSPS) is 12.0. The lowest BCUT2D eigenvalue weighted by Gasteiger charge is -2.14. The predicted molar refractivity (Wildman–Crippen MR) is 88.1 cm³/mol. The van der Waals surface area contributed by atoms with E-state index in [4.69, 9.17) is 0 Å². The average Bonchev–Trinajstić information content (AvgIpc) is 2.24. The summed E-state index contributed by atoms with van der Waals surface area (Å²) in [6.45, 7) is 7.46. The maximum atomic E-state index is 3.48. The fraction of sp³-hybridized carbons (Fsp3) is 1.00. The molecule has 104 valence electrons. The van der Waals surface area contributed by atoms with Crippen LogP contribution in [0.4, 0.5) is 0 Å². The molecule has 0 radical (unpaired) electrons. The molecule has 0 heterocycles. The molecule has 0 aliphatic heterocycles. The Labute approximate surface area is 119 Å². The van der Waals surface area contributed by atoms with Gasteiger partial charge in [0.2, 0.25) is 0 Å². The third kappa shape index (κ3) is 16.7. The van der Waals surface area contributed by atoms with Gasteiger partial charge in [0.15, 0.2) is 0 Å². The van der Waals surface area contributed by atoms with Gasteiger partial charge in [-0.25, -0.2) is 0 Å². The van der Waals surface area contributed by atoms with Crippen molar-refractivity contribution in [3.8, 4) is 0 Å². The minimum atomic E-state index is -0.755. The van der Waals surface area contributed by atoms with Gasteiger partial charge in [-0.1, -0.05) is 99.4 Å². The van der Waals surface area contributed by atoms with E-state index in [-0.39, 0.29) is 0 Å². The standard InChI is InChI=1S/C15H33BrSi/c1-17(2,3)15-13-11-9-7-5-4-6-8-10-12-14-16/h4-15H2,1-3H3. The molecule has 0 aromatic carbocycles. The van der Waals surface area contributed by atoms with Crippen molar-refractivity contribution in [2.24, 2.45) is 0 Å². The van der Waals surface area contributed by atoms with Gasteiger partial charge >= 0.3 is 0 Å². The number of rotatable bonds is 12. The second-order valence-corrected chi connectivity index (χ2v) is 12.9. The highest BCUT2D eigenvalue weighted by Crippen LogP contribution is 2.16. The van der Waals surface area contributed by atoms with Gasteiger partial charge in [-0.05, 0) is 6.42 Å². The van der Waals surface area contributed by atoms with E-state index < -0.39 is 8.07 Å². The molecule has 0 fully saturated rings. The van der Waals surface area contributed by atoms with Crippen LogP contribution in [0.1, 0.15) is 64.2 Å². The lowest BCUT2D eigenvalue weighted by atomic mass is 10.1. The third-order valence-corrected chi connectivity index (χ3v) is 5.72. The highest BCUT2D eigenvalue weighted by atomic mass is 79.9. The SMILES string of the molecule is C[Si](C)(C)CCCCCCCCCCCCBr. The molecule has 0 aromatic rings. The van der Waals surface area contributed by atoms with Gasteiger partial charge < -0.3 is 0 Å². The molecule has 0 amide bonds. The van der Waals surface area contributed by atoms with Gasteiger partial charge in [-0.15, -0.1) is 0 Å². The summed E-state index contributed by atoms with van der Waals surface area (Å²) < 4.78 is 0. The number of alkyl halides is 1. The maximum absolute atomic E-state index is 3.48. The highest BCUT2D eigenvalue weighted by molar-refractivity contribution is 9.09. The summed E-state index contributed by atoms with van der Waals surface area (Å²) in [4.78, 5) is 0. The Morgan fingerprint density at radius 1 is 0.588 bits per heavy atom. The third-order valence-electron chi connectivity index (χ3n) is 3.31. The summed E-state index contributed by atoms with van der Waals surface area (Å²) in [5, 5.41) is 1.18. The van der Waals surface area contributed by atoms with E-state index in [1.54, 1.807) is 0 Å². The van der Waals surface area contributed by atoms with E-state index >= 15 is 0 Å². The van der Waals surface area contributed by atoms with Crippen LogP contribution in [0.3, 0.4) is 0 Å². The van der Waals surface area contributed by atoms with Crippen molar-refractivity contribution in [3.63, 3.8) is 0 Å². The fourth-order valence-corrected chi connectivity index (χ4v) is 3.87. The molecule has 0 spiro atoms. The van der Waals surface area contributed by atoms with E-state index in [0.717, 1.165) is 0 Å². The molecule has 0 rings (SSSR count). The zero-order valence-corrected chi connectivity index (χ0v) is 14.9. The molecule has 2 heteroatoms. The van der Waals surface area contributed by atoms with E-state index in [1.807, 2.05) is 0 Å². The molecule has 0 saturated heterocycles. The van der Waals surface area contributed by atoms with Crippen molar-refractivity contribution in [2.75, 3.05) is 5.33 Å². The molecule has 0 N–H and O–H groups in total.